The molecule has 8 heteroatoms. The van der Waals surface area contributed by atoms with Gasteiger partial charge in [0.15, 0.2) is 0 Å². The number of hydrogen-bond acceptors (Lipinski definition) is 4. The highest BCUT2D eigenvalue weighted by molar-refractivity contribution is 7.92. The number of carboxylic acid groups (broad SMARTS) is 1. The number of hydrogen-bond donors (Lipinski definition) is 1. The largest absolute Gasteiger partial charge is 0.478 e. The Morgan fingerprint density at radius 3 is 2.44 bits per heavy atom. The van der Waals surface area contributed by atoms with Crippen molar-refractivity contribution in [1.29, 1.82) is 0 Å². The molecule has 0 spiro atoms. The summed E-state index contributed by atoms with van der Waals surface area (Å²) in [5.41, 5.74) is 0.941. The van der Waals surface area contributed by atoms with Gasteiger partial charge >= 0.3 is 5.97 Å². The maximum atomic E-state index is 13.2. The minimum absolute atomic E-state index is 0.00464. The highest BCUT2D eigenvalue weighted by Gasteiger charge is 2.26. The summed E-state index contributed by atoms with van der Waals surface area (Å²) in [5.74, 6) is -1.14. The highest BCUT2D eigenvalue weighted by atomic mass is 35.5. The maximum absolute atomic E-state index is 13.2. The van der Waals surface area contributed by atoms with Crippen LogP contribution in [0.4, 0.5) is 5.69 Å². The van der Waals surface area contributed by atoms with Crippen LogP contribution in [0.2, 0.25) is 5.02 Å². The van der Waals surface area contributed by atoms with E-state index in [0.717, 1.165) is 4.31 Å². The molecular weight excluding hydrogens is 388 g/mol. The number of rotatable bonds is 6. The van der Waals surface area contributed by atoms with Crippen molar-refractivity contribution in [1.82, 2.24) is 4.98 Å². The van der Waals surface area contributed by atoms with Crippen molar-refractivity contribution in [3.63, 3.8) is 0 Å². The molecule has 1 N–H and O–H groups in total. The summed E-state index contributed by atoms with van der Waals surface area (Å²) < 4.78 is 27.5. The summed E-state index contributed by atoms with van der Waals surface area (Å²) in [7, 11) is -3.96. The number of anilines is 1. The van der Waals surface area contributed by atoms with E-state index in [1.54, 1.807) is 30.3 Å². The topological polar surface area (TPSA) is 87.6 Å². The Morgan fingerprint density at radius 2 is 1.81 bits per heavy atom. The first-order valence-corrected chi connectivity index (χ1v) is 9.70. The number of halogens is 1. The number of pyridine rings is 1. The van der Waals surface area contributed by atoms with Crippen LogP contribution in [0, 0.1) is 0 Å². The molecule has 3 aromatic rings. The average Bonchev–Trinajstić information content (AvgIpc) is 2.68. The normalized spacial score (nSPS) is 11.1. The predicted octanol–water partition coefficient (Wildman–Crippen LogP) is 3.83. The molecule has 2 aromatic carbocycles. The SMILES string of the molecule is O=C(O)c1cccc(N(Cc2ccc(Cl)cc2)S(=O)(=O)c2cccnc2)c1. The molecule has 0 amide bonds. The molecule has 0 radical (unpaired) electrons. The second-order valence-electron chi connectivity index (χ2n) is 5.68. The van der Waals surface area contributed by atoms with Crippen molar-refractivity contribution < 1.29 is 18.3 Å². The van der Waals surface area contributed by atoms with Crippen molar-refractivity contribution in [3.05, 3.63) is 89.2 Å². The first kappa shape index (κ1) is 18.9. The van der Waals surface area contributed by atoms with Crippen molar-refractivity contribution in [3.8, 4) is 0 Å². The number of carbonyl (C=O) groups is 1. The predicted molar refractivity (Wildman–Crippen MR) is 102 cm³/mol. The molecule has 0 unspecified atom stereocenters. The van der Waals surface area contributed by atoms with Gasteiger partial charge in [-0.1, -0.05) is 29.8 Å². The third kappa shape index (κ3) is 4.27. The zero-order valence-corrected chi connectivity index (χ0v) is 15.6. The smallest absolute Gasteiger partial charge is 0.335 e. The van der Waals surface area contributed by atoms with Gasteiger partial charge in [-0.3, -0.25) is 9.29 Å². The Hall–Kier alpha value is -2.90. The van der Waals surface area contributed by atoms with Gasteiger partial charge in [-0.2, -0.15) is 0 Å². The van der Waals surface area contributed by atoms with Crippen LogP contribution in [-0.2, 0) is 16.6 Å². The van der Waals surface area contributed by atoms with Crippen molar-refractivity contribution >= 4 is 33.3 Å². The van der Waals surface area contributed by atoms with Crippen LogP contribution in [0.5, 0.6) is 0 Å². The van der Waals surface area contributed by atoms with Crippen LogP contribution in [-0.4, -0.2) is 24.5 Å². The van der Waals surface area contributed by atoms with Gasteiger partial charge in [0.2, 0.25) is 0 Å². The zero-order valence-electron chi connectivity index (χ0n) is 14.0. The van der Waals surface area contributed by atoms with Crippen LogP contribution in [0.3, 0.4) is 0 Å². The van der Waals surface area contributed by atoms with Crippen molar-refractivity contribution in [2.45, 2.75) is 11.4 Å². The zero-order chi connectivity index (χ0) is 19.4. The minimum atomic E-state index is -3.96. The third-order valence-corrected chi connectivity index (χ3v) is 5.85. The van der Waals surface area contributed by atoms with E-state index in [9.17, 15) is 18.3 Å². The fourth-order valence-electron chi connectivity index (χ4n) is 2.49. The molecule has 27 heavy (non-hydrogen) atoms. The molecular formula is C19H15ClN2O4S. The molecule has 0 saturated heterocycles. The van der Waals surface area contributed by atoms with E-state index in [1.165, 1.54) is 42.7 Å². The van der Waals surface area contributed by atoms with Gasteiger partial charge in [-0.05, 0) is 48.0 Å². The Labute approximate surface area is 161 Å². The van der Waals surface area contributed by atoms with E-state index in [4.69, 9.17) is 11.6 Å². The second-order valence-corrected chi connectivity index (χ2v) is 7.98. The molecule has 0 fully saturated rings. The van der Waals surface area contributed by atoms with Crippen LogP contribution in [0.25, 0.3) is 0 Å². The number of nitrogens with zero attached hydrogens (tertiary/aromatic N) is 2. The summed E-state index contributed by atoms with van der Waals surface area (Å²) in [6.45, 7) is 0.0114. The maximum Gasteiger partial charge on any atom is 0.335 e. The lowest BCUT2D eigenvalue weighted by Gasteiger charge is -2.25. The van der Waals surface area contributed by atoms with Crippen LogP contribution >= 0.6 is 11.6 Å². The summed E-state index contributed by atoms with van der Waals surface area (Å²) in [6.07, 6.45) is 2.73. The monoisotopic (exact) mass is 402 g/mol. The van der Waals surface area contributed by atoms with Gasteiger partial charge in [-0.15, -0.1) is 0 Å². The molecule has 138 valence electrons. The molecule has 1 heterocycles. The van der Waals surface area contributed by atoms with Gasteiger partial charge < -0.3 is 5.11 Å². The minimum Gasteiger partial charge on any atom is -0.478 e. The van der Waals surface area contributed by atoms with Crippen LogP contribution < -0.4 is 4.31 Å². The number of aromatic nitrogens is 1. The number of sulfonamides is 1. The van der Waals surface area contributed by atoms with E-state index in [1.807, 2.05) is 0 Å². The third-order valence-electron chi connectivity index (χ3n) is 3.84. The Balaban J connectivity index is 2.10. The van der Waals surface area contributed by atoms with Crippen LogP contribution in [0.15, 0.2) is 78.0 Å². The van der Waals surface area contributed by atoms with Gasteiger partial charge in [0.25, 0.3) is 10.0 Å². The first-order chi connectivity index (χ1) is 12.9. The molecule has 0 saturated carbocycles. The van der Waals surface area contributed by atoms with Gasteiger partial charge in [0, 0.05) is 17.4 Å². The van der Waals surface area contributed by atoms with Gasteiger partial charge in [-0.25, -0.2) is 13.2 Å². The standard InChI is InChI=1S/C19H15ClN2O4S/c20-16-8-6-14(7-9-16)13-22(17-4-1-3-15(11-17)19(23)24)27(25,26)18-5-2-10-21-12-18/h1-12H,13H2,(H,23,24). The van der Waals surface area contributed by atoms with Crippen molar-refractivity contribution in [2.75, 3.05) is 4.31 Å². The molecule has 0 atom stereocenters. The Bertz CT molecular complexity index is 1050. The molecule has 3 rings (SSSR count). The number of aromatic carboxylic acids is 1. The molecule has 0 aliphatic rings. The summed E-state index contributed by atoms with van der Waals surface area (Å²) >= 11 is 5.90. The molecule has 0 bridgehead atoms. The number of carboxylic acids is 1. The number of benzene rings is 2. The van der Waals surface area contributed by atoms with E-state index in [0.29, 0.717) is 10.6 Å². The van der Waals surface area contributed by atoms with E-state index in [2.05, 4.69) is 4.98 Å². The molecule has 0 aliphatic heterocycles. The first-order valence-electron chi connectivity index (χ1n) is 7.88. The van der Waals surface area contributed by atoms with E-state index < -0.39 is 16.0 Å². The average molecular weight is 403 g/mol. The fraction of sp³-hybridized carbons (Fsp3) is 0.0526. The van der Waals surface area contributed by atoms with E-state index >= 15 is 0 Å². The van der Waals surface area contributed by atoms with Crippen LogP contribution in [0.1, 0.15) is 15.9 Å². The Morgan fingerprint density at radius 1 is 1.07 bits per heavy atom. The highest BCUT2D eigenvalue weighted by Crippen LogP contribution is 2.27. The quantitative estimate of drug-likeness (QED) is 0.677. The van der Waals surface area contributed by atoms with Gasteiger partial charge in [0.1, 0.15) is 4.90 Å². The lowest BCUT2D eigenvalue weighted by molar-refractivity contribution is 0.0697. The lowest BCUT2D eigenvalue weighted by atomic mass is 10.2. The summed E-state index contributed by atoms with van der Waals surface area (Å²) in [5, 5.41) is 9.77. The fourth-order valence-corrected chi connectivity index (χ4v) is 4.03. The summed E-state index contributed by atoms with van der Waals surface area (Å²) in [4.78, 5) is 15.2. The molecule has 6 nitrogen and oxygen atoms in total. The molecule has 0 aliphatic carbocycles. The van der Waals surface area contributed by atoms with Crippen molar-refractivity contribution in [2.24, 2.45) is 0 Å². The second kappa shape index (κ2) is 7.77. The summed E-state index contributed by atoms with van der Waals surface area (Å²) in [6, 6.07) is 15.5. The van der Waals surface area contributed by atoms with Gasteiger partial charge in [0.05, 0.1) is 17.8 Å². The molecule has 1 aromatic heterocycles. The Kier molecular flexibility index (Phi) is 5.43. The lowest BCUT2D eigenvalue weighted by Crippen LogP contribution is -2.30. The van der Waals surface area contributed by atoms with E-state index in [-0.39, 0.29) is 22.7 Å².